The summed E-state index contributed by atoms with van der Waals surface area (Å²) in [6.07, 6.45) is 0. The zero-order chi connectivity index (χ0) is 12.3. The van der Waals surface area contributed by atoms with Gasteiger partial charge in [0.25, 0.3) is 5.69 Å². The normalized spacial score (nSPS) is 9.59. The highest BCUT2D eigenvalue weighted by molar-refractivity contribution is 5.72. The van der Waals surface area contributed by atoms with Crippen molar-refractivity contribution in [3.8, 4) is 17.2 Å². The molecule has 0 spiro atoms. The number of non-ortho nitro benzene ring substituents is 1. The van der Waals surface area contributed by atoms with E-state index in [2.05, 4.69) is 0 Å². The third kappa shape index (κ3) is 2.13. The van der Waals surface area contributed by atoms with E-state index >= 15 is 0 Å². The molecule has 2 aromatic carbocycles. The standard InChI is InChI=1S/C13H8N2O2/c14-9-11-8-12(15(16)17)6-7-13(11)10-4-2-1-3-5-10/h1-8H. The minimum atomic E-state index is -0.504. The minimum Gasteiger partial charge on any atom is -0.258 e. The lowest BCUT2D eigenvalue weighted by Crippen LogP contribution is -1.91. The molecule has 0 saturated heterocycles. The molecule has 0 aliphatic rings. The van der Waals surface area contributed by atoms with Crippen LogP contribution in [-0.4, -0.2) is 4.92 Å². The molecule has 0 amide bonds. The van der Waals surface area contributed by atoms with Gasteiger partial charge in [-0.1, -0.05) is 30.3 Å². The lowest BCUT2D eigenvalue weighted by atomic mass is 10.00. The van der Waals surface area contributed by atoms with Gasteiger partial charge >= 0.3 is 0 Å². The van der Waals surface area contributed by atoms with Gasteiger partial charge in [-0.3, -0.25) is 10.1 Å². The summed E-state index contributed by atoms with van der Waals surface area (Å²) in [6, 6.07) is 15.6. The molecule has 0 bridgehead atoms. The van der Waals surface area contributed by atoms with Gasteiger partial charge in [0.15, 0.2) is 0 Å². The van der Waals surface area contributed by atoms with Gasteiger partial charge in [0.2, 0.25) is 0 Å². The van der Waals surface area contributed by atoms with Gasteiger partial charge in [0.05, 0.1) is 10.5 Å². The molecule has 2 rings (SSSR count). The van der Waals surface area contributed by atoms with Crippen molar-refractivity contribution in [1.29, 1.82) is 5.26 Å². The Bertz CT molecular complexity index is 601. The Morgan fingerprint density at radius 3 is 2.41 bits per heavy atom. The summed E-state index contributed by atoms with van der Waals surface area (Å²) in [7, 11) is 0. The summed E-state index contributed by atoms with van der Waals surface area (Å²) in [6.45, 7) is 0. The number of hydrogen-bond acceptors (Lipinski definition) is 3. The Kier molecular flexibility index (Phi) is 2.84. The van der Waals surface area contributed by atoms with E-state index in [1.165, 1.54) is 12.1 Å². The summed E-state index contributed by atoms with van der Waals surface area (Å²) < 4.78 is 0. The zero-order valence-electron chi connectivity index (χ0n) is 8.83. The van der Waals surface area contributed by atoms with Crippen LogP contribution in [0.5, 0.6) is 0 Å². The first-order valence-corrected chi connectivity index (χ1v) is 4.96. The first-order chi connectivity index (χ1) is 8.22. The molecule has 0 aromatic heterocycles. The van der Waals surface area contributed by atoms with Crippen LogP contribution in [0.2, 0.25) is 0 Å². The maximum Gasteiger partial charge on any atom is 0.270 e. The van der Waals surface area contributed by atoms with E-state index in [4.69, 9.17) is 5.26 Å². The average Bonchev–Trinajstić information content (AvgIpc) is 2.39. The van der Waals surface area contributed by atoms with Gasteiger partial charge in [-0.2, -0.15) is 5.26 Å². The molecule has 0 aliphatic carbocycles. The highest BCUT2D eigenvalue weighted by Gasteiger charge is 2.11. The third-order valence-electron chi connectivity index (χ3n) is 2.42. The van der Waals surface area contributed by atoms with Crippen LogP contribution in [0.1, 0.15) is 5.56 Å². The molecule has 4 nitrogen and oxygen atoms in total. The third-order valence-corrected chi connectivity index (χ3v) is 2.42. The molecule has 0 atom stereocenters. The number of benzene rings is 2. The maximum absolute atomic E-state index is 10.6. The molecule has 0 radical (unpaired) electrons. The van der Waals surface area contributed by atoms with Crippen molar-refractivity contribution in [2.45, 2.75) is 0 Å². The van der Waals surface area contributed by atoms with Crippen LogP contribution >= 0.6 is 0 Å². The van der Waals surface area contributed by atoms with Crippen molar-refractivity contribution in [3.05, 3.63) is 64.2 Å². The molecular formula is C13H8N2O2. The fraction of sp³-hybridized carbons (Fsp3) is 0. The van der Waals surface area contributed by atoms with E-state index in [1.807, 2.05) is 36.4 Å². The summed E-state index contributed by atoms with van der Waals surface area (Å²) in [5.41, 5.74) is 1.82. The number of nitro benzene ring substituents is 1. The molecule has 0 fully saturated rings. The Morgan fingerprint density at radius 2 is 1.82 bits per heavy atom. The van der Waals surface area contributed by atoms with Crippen molar-refractivity contribution in [3.63, 3.8) is 0 Å². The second-order valence-corrected chi connectivity index (χ2v) is 3.46. The highest BCUT2D eigenvalue weighted by atomic mass is 16.6. The van der Waals surface area contributed by atoms with Crippen molar-refractivity contribution >= 4 is 5.69 Å². The predicted octanol–water partition coefficient (Wildman–Crippen LogP) is 3.13. The monoisotopic (exact) mass is 224 g/mol. The second-order valence-electron chi connectivity index (χ2n) is 3.46. The van der Waals surface area contributed by atoms with E-state index in [-0.39, 0.29) is 5.69 Å². The van der Waals surface area contributed by atoms with Crippen LogP contribution < -0.4 is 0 Å². The Labute approximate surface area is 97.9 Å². The van der Waals surface area contributed by atoms with Crippen molar-refractivity contribution in [2.75, 3.05) is 0 Å². The largest absolute Gasteiger partial charge is 0.270 e. The van der Waals surface area contributed by atoms with Crippen LogP contribution in [0.25, 0.3) is 11.1 Å². The summed E-state index contributed by atoms with van der Waals surface area (Å²) in [5.74, 6) is 0. The number of nitrogens with zero attached hydrogens (tertiary/aromatic N) is 2. The maximum atomic E-state index is 10.6. The van der Waals surface area contributed by atoms with Crippen LogP contribution in [0.4, 0.5) is 5.69 Å². The molecule has 0 aliphatic heterocycles. The zero-order valence-corrected chi connectivity index (χ0v) is 8.83. The second kappa shape index (κ2) is 4.45. The van der Waals surface area contributed by atoms with Gasteiger partial charge < -0.3 is 0 Å². The average molecular weight is 224 g/mol. The van der Waals surface area contributed by atoms with Gasteiger partial charge in [-0.25, -0.2) is 0 Å². The number of nitro groups is 1. The predicted molar refractivity (Wildman–Crippen MR) is 63.2 cm³/mol. The minimum absolute atomic E-state index is 0.0683. The van der Waals surface area contributed by atoms with E-state index in [1.54, 1.807) is 6.07 Å². The molecule has 0 unspecified atom stereocenters. The fourth-order valence-electron chi connectivity index (χ4n) is 1.61. The van der Waals surface area contributed by atoms with E-state index < -0.39 is 4.92 Å². The Hall–Kier alpha value is -2.67. The lowest BCUT2D eigenvalue weighted by Gasteiger charge is -2.03. The van der Waals surface area contributed by atoms with Gasteiger partial charge in [-0.15, -0.1) is 0 Å². The quantitative estimate of drug-likeness (QED) is 0.581. The molecule has 17 heavy (non-hydrogen) atoms. The molecule has 4 heteroatoms. The van der Waals surface area contributed by atoms with Crippen molar-refractivity contribution < 1.29 is 4.92 Å². The SMILES string of the molecule is N#Cc1cc([N+](=O)[O-])ccc1-c1ccccc1. The summed E-state index contributed by atoms with van der Waals surface area (Å²) >= 11 is 0. The first-order valence-electron chi connectivity index (χ1n) is 4.96. The van der Waals surface area contributed by atoms with Crippen LogP contribution in [-0.2, 0) is 0 Å². The highest BCUT2D eigenvalue weighted by Crippen LogP contribution is 2.26. The molecule has 0 saturated carbocycles. The molecule has 82 valence electrons. The topological polar surface area (TPSA) is 66.9 Å². The molecule has 0 heterocycles. The lowest BCUT2D eigenvalue weighted by molar-refractivity contribution is -0.384. The number of rotatable bonds is 2. The first kappa shape index (κ1) is 10.8. The Balaban J connectivity index is 2.57. The summed E-state index contributed by atoms with van der Waals surface area (Å²) in [5, 5.41) is 19.6. The van der Waals surface area contributed by atoms with Gasteiger partial charge in [0.1, 0.15) is 6.07 Å². The number of nitriles is 1. The van der Waals surface area contributed by atoms with Gasteiger partial charge in [-0.05, 0) is 17.2 Å². The van der Waals surface area contributed by atoms with Crippen LogP contribution in [0.3, 0.4) is 0 Å². The fourth-order valence-corrected chi connectivity index (χ4v) is 1.61. The van der Waals surface area contributed by atoms with E-state index in [0.717, 1.165) is 5.56 Å². The van der Waals surface area contributed by atoms with Gasteiger partial charge in [0, 0.05) is 12.1 Å². The van der Waals surface area contributed by atoms with Crippen LogP contribution in [0, 0.1) is 21.4 Å². The summed E-state index contributed by atoms with van der Waals surface area (Å²) in [4.78, 5) is 10.1. The van der Waals surface area contributed by atoms with E-state index in [9.17, 15) is 10.1 Å². The Morgan fingerprint density at radius 1 is 1.12 bits per heavy atom. The van der Waals surface area contributed by atoms with E-state index in [0.29, 0.717) is 11.1 Å². The molecular weight excluding hydrogens is 216 g/mol. The van der Waals surface area contributed by atoms with Crippen molar-refractivity contribution in [1.82, 2.24) is 0 Å². The number of hydrogen-bond donors (Lipinski definition) is 0. The molecule has 0 N–H and O–H groups in total. The molecule has 2 aromatic rings. The smallest absolute Gasteiger partial charge is 0.258 e. The van der Waals surface area contributed by atoms with Crippen LogP contribution in [0.15, 0.2) is 48.5 Å². The van der Waals surface area contributed by atoms with Crippen molar-refractivity contribution in [2.24, 2.45) is 0 Å².